The molecule has 1 atom stereocenters. The summed E-state index contributed by atoms with van der Waals surface area (Å²) in [5.74, 6) is -0.507. The zero-order valence-corrected chi connectivity index (χ0v) is 6.18. The van der Waals surface area contributed by atoms with Crippen molar-refractivity contribution in [3.63, 3.8) is 0 Å². The molecular weight excluding hydrogens is 129 g/mol. The second kappa shape index (κ2) is 2.27. The molecule has 1 fully saturated rings. The fraction of sp³-hybridized carbons (Fsp3) is 0.833. The molecule has 0 aromatic carbocycles. The number of cyclic esters (lactones) is 1. The average molecular weight is 139 g/mol. The van der Waals surface area contributed by atoms with Crippen LogP contribution in [0.1, 0.15) is 20.3 Å². The second-order valence-electron chi connectivity index (χ2n) is 2.94. The Bertz CT molecular complexity index is 158. The van der Waals surface area contributed by atoms with E-state index in [0.717, 1.165) is 0 Å². The van der Waals surface area contributed by atoms with Gasteiger partial charge in [0.15, 0.2) is 5.72 Å². The van der Waals surface area contributed by atoms with Crippen LogP contribution in [0.25, 0.3) is 0 Å². The third-order valence-corrected chi connectivity index (χ3v) is 1.29. The number of ether oxygens (including phenoxy) is 1. The van der Waals surface area contributed by atoms with Crippen molar-refractivity contribution in [1.82, 2.24) is 5.32 Å². The molecule has 54 valence electrons. The van der Waals surface area contributed by atoms with Crippen molar-refractivity contribution < 1.29 is 9.53 Å². The topological polar surface area (TPSA) is 38.3 Å². The molecular formula is C6H10BNO2. The third kappa shape index (κ3) is 1.74. The molecule has 0 amide bonds. The van der Waals surface area contributed by atoms with Crippen LogP contribution in [0.2, 0.25) is 0 Å². The van der Waals surface area contributed by atoms with Crippen molar-refractivity contribution in [1.29, 1.82) is 0 Å². The van der Waals surface area contributed by atoms with Crippen molar-refractivity contribution in [3.05, 3.63) is 0 Å². The Labute approximate surface area is 61.5 Å². The fourth-order valence-electron chi connectivity index (χ4n) is 1.03. The molecule has 4 heteroatoms. The monoisotopic (exact) mass is 139 g/mol. The van der Waals surface area contributed by atoms with Gasteiger partial charge in [0.25, 0.3) is 0 Å². The molecule has 1 heterocycles. The van der Waals surface area contributed by atoms with Gasteiger partial charge in [-0.2, -0.15) is 0 Å². The number of esters is 1. The summed E-state index contributed by atoms with van der Waals surface area (Å²) >= 11 is 0. The van der Waals surface area contributed by atoms with Gasteiger partial charge in [-0.1, -0.05) is 0 Å². The molecule has 1 rings (SSSR count). The Morgan fingerprint density at radius 3 is 2.80 bits per heavy atom. The van der Waals surface area contributed by atoms with Gasteiger partial charge in [-0.25, -0.2) is 0 Å². The lowest BCUT2D eigenvalue weighted by Crippen LogP contribution is -2.54. The second-order valence-corrected chi connectivity index (χ2v) is 2.94. The number of hydrogen-bond acceptors (Lipinski definition) is 3. The predicted octanol–water partition coefficient (Wildman–Crippen LogP) is -0.246. The molecule has 10 heavy (non-hydrogen) atoms. The molecule has 0 saturated carbocycles. The van der Waals surface area contributed by atoms with Gasteiger partial charge >= 0.3 is 5.97 Å². The molecule has 1 aliphatic rings. The summed E-state index contributed by atoms with van der Waals surface area (Å²) in [6.45, 7) is 3.54. The fourth-order valence-corrected chi connectivity index (χ4v) is 1.03. The molecule has 0 aliphatic carbocycles. The number of carbonyl (C=O) groups excluding carboxylic acids is 1. The van der Waals surface area contributed by atoms with Gasteiger partial charge in [-0.15, -0.1) is 0 Å². The molecule has 3 nitrogen and oxygen atoms in total. The molecule has 1 unspecified atom stereocenters. The summed E-state index contributed by atoms with van der Waals surface area (Å²) in [6, 6.07) is 0. The van der Waals surface area contributed by atoms with Crippen LogP contribution >= 0.6 is 0 Å². The van der Waals surface area contributed by atoms with E-state index in [2.05, 4.69) is 5.32 Å². The lowest BCUT2D eigenvalue weighted by atomic mass is 9.91. The van der Waals surface area contributed by atoms with Gasteiger partial charge in [-0.3, -0.25) is 10.1 Å². The van der Waals surface area contributed by atoms with Crippen LogP contribution in [-0.2, 0) is 9.53 Å². The van der Waals surface area contributed by atoms with E-state index in [1.54, 1.807) is 13.8 Å². The van der Waals surface area contributed by atoms with Crippen molar-refractivity contribution >= 4 is 13.8 Å². The number of rotatable bonds is 0. The van der Waals surface area contributed by atoms with Gasteiger partial charge in [0, 0.05) is 0 Å². The highest BCUT2D eigenvalue weighted by Crippen LogP contribution is 2.13. The average Bonchev–Trinajstić information content (AvgIpc) is 1.54. The van der Waals surface area contributed by atoms with Gasteiger partial charge in [0.1, 0.15) is 0 Å². The van der Waals surface area contributed by atoms with Crippen LogP contribution in [0.4, 0.5) is 0 Å². The quantitative estimate of drug-likeness (QED) is 0.371. The number of hydrogen-bond donors (Lipinski definition) is 1. The molecule has 1 saturated heterocycles. The van der Waals surface area contributed by atoms with E-state index in [-0.39, 0.29) is 18.3 Å². The molecule has 0 bridgehead atoms. The van der Waals surface area contributed by atoms with Gasteiger partial charge in [-0.05, 0) is 19.8 Å². The summed E-state index contributed by atoms with van der Waals surface area (Å²) in [6.07, 6.45) is 0.253. The summed E-state index contributed by atoms with van der Waals surface area (Å²) in [7, 11) is 5.49. The first-order valence-corrected chi connectivity index (χ1v) is 3.25. The normalized spacial score (nSPS) is 31.4. The van der Waals surface area contributed by atoms with Gasteiger partial charge in [0.05, 0.1) is 14.3 Å². The molecule has 0 aromatic rings. The zero-order valence-electron chi connectivity index (χ0n) is 6.18. The third-order valence-electron chi connectivity index (χ3n) is 1.29. The maximum atomic E-state index is 10.7. The Balaban J connectivity index is 2.59. The lowest BCUT2D eigenvalue weighted by Gasteiger charge is -2.34. The van der Waals surface area contributed by atoms with E-state index < -0.39 is 5.72 Å². The van der Waals surface area contributed by atoms with E-state index in [9.17, 15) is 4.79 Å². The van der Waals surface area contributed by atoms with E-state index in [0.29, 0.717) is 0 Å². The maximum Gasteiger partial charge on any atom is 0.308 e. The maximum absolute atomic E-state index is 10.7. The molecule has 0 spiro atoms. The standard InChI is InChI=1S/C6H10BNO2/c1-6(2)8-4(7)3-5(9)10-6/h4,8H,3H2,1-2H3. The van der Waals surface area contributed by atoms with Crippen molar-refractivity contribution in [2.45, 2.75) is 31.9 Å². The van der Waals surface area contributed by atoms with Crippen LogP contribution in [0, 0.1) is 0 Å². The highest BCUT2D eigenvalue weighted by molar-refractivity contribution is 6.13. The minimum absolute atomic E-state index is 0.240. The Morgan fingerprint density at radius 2 is 2.40 bits per heavy atom. The van der Waals surface area contributed by atoms with Crippen LogP contribution in [-0.4, -0.2) is 25.5 Å². The summed E-state index contributed by atoms with van der Waals surface area (Å²) < 4.78 is 4.91. The van der Waals surface area contributed by atoms with E-state index in [1.165, 1.54) is 0 Å². The zero-order chi connectivity index (χ0) is 7.78. The van der Waals surface area contributed by atoms with Gasteiger partial charge < -0.3 is 4.74 Å². The molecule has 0 aromatic heterocycles. The first-order chi connectivity index (χ1) is 4.49. The number of nitrogens with one attached hydrogen (secondary N) is 1. The SMILES string of the molecule is [B]C1CC(=O)OC(C)(C)N1. The van der Waals surface area contributed by atoms with Crippen molar-refractivity contribution in [2.24, 2.45) is 0 Å². The van der Waals surface area contributed by atoms with Crippen LogP contribution in [0.3, 0.4) is 0 Å². The summed E-state index contributed by atoms with van der Waals surface area (Å²) in [5, 5.41) is 2.92. The Kier molecular flexibility index (Phi) is 1.73. The lowest BCUT2D eigenvalue weighted by molar-refractivity contribution is -0.166. The van der Waals surface area contributed by atoms with E-state index in [4.69, 9.17) is 12.6 Å². The highest BCUT2D eigenvalue weighted by Gasteiger charge is 2.30. The largest absolute Gasteiger partial charge is 0.444 e. The first-order valence-electron chi connectivity index (χ1n) is 3.25. The highest BCUT2D eigenvalue weighted by atomic mass is 16.6. The smallest absolute Gasteiger partial charge is 0.308 e. The summed E-state index contributed by atoms with van der Waals surface area (Å²) in [5.41, 5.74) is -0.602. The molecule has 2 radical (unpaired) electrons. The van der Waals surface area contributed by atoms with E-state index in [1.807, 2.05) is 0 Å². The van der Waals surface area contributed by atoms with Crippen LogP contribution in [0.15, 0.2) is 0 Å². The minimum Gasteiger partial charge on any atom is -0.444 e. The molecule has 1 N–H and O–H groups in total. The van der Waals surface area contributed by atoms with Gasteiger partial charge in [0.2, 0.25) is 0 Å². The molecule has 1 aliphatic heterocycles. The van der Waals surface area contributed by atoms with Crippen LogP contribution < -0.4 is 5.32 Å². The van der Waals surface area contributed by atoms with Crippen LogP contribution in [0.5, 0.6) is 0 Å². The minimum atomic E-state index is -0.602. The predicted molar refractivity (Wildman–Crippen MR) is 37.5 cm³/mol. The first kappa shape index (κ1) is 7.60. The Hall–Kier alpha value is -0.505. The van der Waals surface area contributed by atoms with E-state index >= 15 is 0 Å². The number of carbonyl (C=O) groups is 1. The van der Waals surface area contributed by atoms with Crippen molar-refractivity contribution in [3.8, 4) is 0 Å². The Morgan fingerprint density at radius 1 is 1.80 bits per heavy atom. The van der Waals surface area contributed by atoms with Crippen molar-refractivity contribution in [2.75, 3.05) is 0 Å². The summed E-state index contributed by atoms with van der Waals surface area (Å²) in [4.78, 5) is 10.7.